The fourth-order valence-electron chi connectivity index (χ4n) is 1.81. The average Bonchev–Trinajstić information content (AvgIpc) is 2.56. The van der Waals surface area contributed by atoms with Gasteiger partial charge in [0.15, 0.2) is 0 Å². The molecule has 2 aromatic rings. The number of carbonyl (C=O) groups excluding carboxylic acids is 1. The van der Waals surface area contributed by atoms with E-state index in [9.17, 15) is 9.59 Å². The molecule has 5 nitrogen and oxygen atoms in total. The Morgan fingerprint density at radius 3 is 1.96 bits per heavy atom. The van der Waals surface area contributed by atoms with Gasteiger partial charge < -0.3 is 14.9 Å². The normalized spacial score (nSPS) is 9.68. The van der Waals surface area contributed by atoms with Crippen LogP contribution < -0.4 is 4.74 Å². The molecular weight excluding hydrogens is 412 g/mol. The lowest BCUT2D eigenvalue weighted by atomic mass is 10.1. The Bertz CT molecular complexity index is 671. The second kappa shape index (κ2) is 11.5. The quantitative estimate of drug-likeness (QED) is 0.517. The maximum absolute atomic E-state index is 10.6. The van der Waals surface area contributed by atoms with Crippen molar-refractivity contribution in [1.29, 1.82) is 0 Å². The Balaban J connectivity index is 0.000000257. The van der Waals surface area contributed by atoms with Crippen molar-refractivity contribution in [2.24, 2.45) is 0 Å². The number of phenols is 1. The summed E-state index contributed by atoms with van der Waals surface area (Å²) in [6.45, 7) is 0.633. The summed E-state index contributed by atoms with van der Waals surface area (Å²) >= 11 is 8.53. The van der Waals surface area contributed by atoms with Gasteiger partial charge in [0.05, 0.1) is 13.0 Å². The number of ether oxygens (including phenoxy) is 1. The van der Waals surface area contributed by atoms with Crippen molar-refractivity contribution in [1.82, 2.24) is 0 Å². The monoisotopic (exact) mass is 428 g/mol. The maximum Gasteiger partial charge on any atom is 0.307 e. The number of benzene rings is 2. The van der Waals surface area contributed by atoms with Gasteiger partial charge in [-0.2, -0.15) is 0 Å². The van der Waals surface area contributed by atoms with E-state index in [0.29, 0.717) is 12.2 Å². The van der Waals surface area contributed by atoms with Gasteiger partial charge in [0.1, 0.15) is 11.5 Å². The molecule has 0 spiro atoms. The van der Waals surface area contributed by atoms with Crippen LogP contribution in [0.2, 0.25) is 0 Å². The summed E-state index contributed by atoms with van der Waals surface area (Å²) < 4.78 is 5.35. The standard InChI is InChI=1S/C10H10BrClO2.C8H8O3/c11-5-6-14-9-3-1-8(2-4-9)7-10(12)13;9-7-3-1-6(2-4-7)5-8(10)11/h1-4H,5-7H2;1-4,9H,5H2,(H,10,11). The highest BCUT2D eigenvalue weighted by Crippen LogP contribution is 2.13. The van der Waals surface area contributed by atoms with Crippen LogP contribution in [0.15, 0.2) is 48.5 Å². The summed E-state index contributed by atoms with van der Waals surface area (Å²) in [7, 11) is 0. The maximum atomic E-state index is 10.6. The van der Waals surface area contributed by atoms with Gasteiger partial charge in [0.25, 0.3) is 0 Å². The van der Waals surface area contributed by atoms with Crippen molar-refractivity contribution in [3.63, 3.8) is 0 Å². The number of aliphatic carboxylic acids is 1. The van der Waals surface area contributed by atoms with Gasteiger partial charge in [0, 0.05) is 11.8 Å². The molecule has 0 unspecified atom stereocenters. The van der Waals surface area contributed by atoms with Gasteiger partial charge >= 0.3 is 5.97 Å². The molecule has 0 heterocycles. The van der Waals surface area contributed by atoms with E-state index in [1.54, 1.807) is 12.1 Å². The summed E-state index contributed by atoms with van der Waals surface area (Å²) in [6, 6.07) is 13.5. The van der Waals surface area contributed by atoms with Crippen molar-refractivity contribution >= 4 is 38.7 Å². The summed E-state index contributed by atoms with van der Waals surface area (Å²) in [6.07, 6.45) is 0.264. The number of carboxylic acids is 1. The fourth-order valence-corrected chi connectivity index (χ4v) is 2.13. The zero-order chi connectivity index (χ0) is 18.7. The van der Waals surface area contributed by atoms with Crippen LogP contribution in [0.3, 0.4) is 0 Å². The fraction of sp³-hybridized carbons (Fsp3) is 0.222. The Hall–Kier alpha value is -2.05. The van der Waals surface area contributed by atoms with Gasteiger partial charge in [-0.05, 0) is 47.0 Å². The van der Waals surface area contributed by atoms with E-state index in [0.717, 1.165) is 16.6 Å². The first kappa shape index (κ1) is 21.0. The molecule has 0 fully saturated rings. The highest BCUT2D eigenvalue weighted by molar-refractivity contribution is 9.09. The van der Waals surface area contributed by atoms with E-state index < -0.39 is 5.97 Å². The van der Waals surface area contributed by atoms with E-state index in [1.807, 2.05) is 24.3 Å². The van der Waals surface area contributed by atoms with Crippen molar-refractivity contribution in [3.8, 4) is 11.5 Å². The van der Waals surface area contributed by atoms with Crippen molar-refractivity contribution in [2.75, 3.05) is 11.9 Å². The minimum Gasteiger partial charge on any atom is -0.508 e. The molecule has 25 heavy (non-hydrogen) atoms. The summed E-state index contributed by atoms with van der Waals surface area (Å²) in [5, 5.41) is 17.7. The Morgan fingerprint density at radius 1 is 0.960 bits per heavy atom. The summed E-state index contributed by atoms with van der Waals surface area (Å²) in [4.78, 5) is 20.8. The number of halogens is 2. The molecule has 0 aliphatic heterocycles. The third-order valence-electron chi connectivity index (χ3n) is 2.90. The van der Waals surface area contributed by atoms with Crippen LogP contribution in [-0.2, 0) is 22.4 Å². The van der Waals surface area contributed by atoms with Crippen LogP contribution in [-0.4, -0.2) is 33.4 Å². The smallest absolute Gasteiger partial charge is 0.307 e. The number of phenolic OH excluding ortho intramolecular Hbond substituents is 1. The molecule has 2 rings (SSSR count). The lowest BCUT2D eigenvalue weighted by molar-refractivity contribution is -0.136. The van der Waals surface area contributed by atoms with Crippen LogP contribution >= 0.6 is 27.5 Å². The van der Waals surface area contributed by atoms with Gasteiger partial charge in [-0.1, -0.05) is 40.2 Å². The van der Waals surface area contributed by atoms with Gasteiger partial charge in [0.2, 0.25) is 5.24 Å². The molecule has 2 N–H and O–H groups in total. The first-order valence-electron chi connectivity index (χ1n) is 7.36. The minimum atomic E-state index is -0.865. The largest absolute Gasteiger partial charge is 0.508 e. The Morgan fingerprint density at radius 2 is 1.48 bits per heavy atom. The van der Waals surface area contributed by atoms with E-state index in [1.165, 1.54) is 12.1 Å². The number of alkyl halides is 1. The van der Waals surface area contributed by atoms with Crippen LogP contribution in [0, 0.1) is 0 Å². The summed E-state index contributed by atoms with van der Waals surface area (Å²) in [5.41, 5.74) is 1.59. The van der Waals surface area contributed by atoms with E-state index in [4.69, 9.17) is 26.6 Å². The third kappa shape index (κ3) is 9.74. The molecule has 0 radical (unpaired) electrons. The zero-order valence-corrected chi connectivity index (χ0v) is 15.7. The van der Waals surface area contributed by atoms with Crippen molar-refractivity contribution < 1.29 is 24.5 Å². The predicted molar refractivity (Wildman–Crippen MR) is 99.7 cm³/mol. The SMILES string of the molecule is O=C(Cl)Cc1ccc(OCCBr)cc1.O=C(O)Cc1ccc(O)cc1. The molecule has 0 atom stereocenters. The minimum absolute atomic E-state index is 0.000278. The van der Waals surface area contributed by atoms with Crippen LogP contribution in [0.1, 0.15) is 11.1 Å². The predicted octanol–water partition coefficient (Wildman–Crippen LogP) is 3.79. The number of rotatable bonds is 7. The van der Waals surface area contributed by atoms with Gasteiger partial charge in [-0.15, -0.1) is 0 Å². The topological polar surface area (TPSA) is 83.8 Å². The van der Waals surface area contributed by atoms with Crippen LogP contribution in [0.25, 0.3) is 0 Å². The lowest BCUT2D eigenvalue weighted by Crippen LogP contribution is -1.98. The van der Waals surface area contributed by atoms with Crippen molar-refractivity contribution in [3.05, 3.63) is 59.7 Å². The molecule has 0 saturated carbocycles. The van der Waals surface area contributed by atoms with Crippen LogP contribution in [0.5, 0.6) is 11.5 Å². The molecular formula is C18H18BrClO5. The highest BCUT2D eigenvalue weighted by atomic mass is 79.9. The molecule has 0 aliphatic carbocycles. The molecule has 134 valence electrons. The molecule has 7 heteroatoms. The van der Waals surface area contributed by atoms with E-state index in [-0.39, 0.29) is 23.8 Å². The average molecular weight is 430 g/mol. The highest BCUT2D eigenvalue weighted by Gasteiger charge is 2.00. The number of carboxylic acid groups (broad SMARTS) is 1. The van der Waals surface area contributed by atoms with Gasteiger partial charge in [-0.25, -0.2) is 0 Å². The molecule has 0 aromatic heterocycles. The number of hydrogen-bond acceptors (Lipinski definition) is 4. The van der Waals surface area contributed by atoms with E-state index in [2.05, 4.69) is 15.9 Å². The molecule has 2 aromatic carbocycles. The Kier molecular flexibility index (Phi) is 9.65. The molecule has 0 aliphatic rings. The lowest BCUT2D eigenvalue weighted by Gasteiger charge is -2.04. The number of aromatic hydroxyl groups is 1. The van der Waals surface area contributed by atoms with Crippen LogP contribution in [0.4, 0.5) is 0 Å². The summed E-state index contributed by atoms with van der Waals surface area (Å²) in [5.74, 6) is 0.0880. The first-order chi connectivity index (χ1) is 11.9. The van der Waals surface area contributed by atoms with E-state index >= 15 is 0 Å². The first-order valence-corrected chi connectivity index (χ1v) is 8.86. The molecule has 0 amide bonds. The zero-order valence-electron chi connectivity index (χ0n) is 13.3. The second-order valence-corrected chi connectivity index (χ2v) is 6.16. The Labute approximate surface area is 159 Å². The second-order valence-electron chi connectivity index (χ2n) is 4.95. The van der Waals surface area contributed by atoms with Gasteiger partial charge in [-0.3, -0.25) is 9.59 Å². The van der Waals surface area contributed by atoms with Crippen molar-refractivity contribution in [2.45, 2.75) is 12.8 Å². The molecule has 0 saturated heterocycles. The third-order valence-corrected chi connectivity index (χ3v) is 3.36. The number of hydrogen-bond donors (Lipinski definition) is 2. The number of carbonyl (C=O) groups is 2. The molecule has 0 bridgehead atoms.